The molecule has 9 heteroatoms. The van der Waals surface area contributed by atoms with E-state index < -0.39 is 49.9 Å². The molecule has 0 aromatic carbocycles. The van der Waals surface area contributed by atoms with Gasteiger partial charge < -0.3 is 19.2 Å². The van der Waals surface area contributed by atoms with E-state index in [-0.39, 0.29) is 18.3 Å². The average Bonchev–Trinajstić information content (AvgIpc) is 2.50. The second kappa shape index (κ2) is 8.26. The summed E-state index contributed by atoms with van der Waals surface area (Å²) in [6, 6.07) is -1.40. The summed E-state index contributed by atoms with van der Waals surface area (Å²) in [5, 5.41) is 2.22. The molecule has 7 nitrogen and oxygen atoms in total. The van der Waals surface area contributed by atoms with Gasteiger partial charge in [-0.2, -0.15) is 0 Å². The van der Waals surface area contributed by atoms with E-state index in [2.05, 4.69) is 5.32 Å². The van der Waals surface area contributed by atoms with Crippen LogP contribution in [-0.4, -0.2) is 57.2 Å². The van der Waals surface area contributed by atoms with Crippen LogP contribution in [0.1, 0.15) is 41.5 Å². The molecular weight excluding hydrogens is 373 g/mol. The highest BCUT2D eigenvalue weighted by Gasteiger charge is 2.66. The number of esters is 2. The molecule has 0 aromatic rings. The first-order valence-electron chi connectivity index (χ1n) is 9.25. The molecule has 156 valence electrons. The number of carbonyl (C=O) groups excluding carboxylic acids is 3. The summed E-state index contributed by atoms with van der Waals surface area (Å²) in [6.45, 7) is 14.6. The molecule has 1 fully saturated rings. The molecule has 0 unspecified atom stereocenters. The lowest BCUT2D eigenvalue weighted by Crippen LogP contribution is -2.74. The van der Waals surface area contributed by atoms with E-state index >= 15 is 4.39 Å². The van der Waals surface area contributed by atoms with Crippen LogP contribution in [0.5, 0.6) is 0 Å². The van der Waals surface area contributed by atoms with Gasteiger partial charge in [-0.15, -0.1) is 0 Å². The third-order valence-corrected chi connectivity index (χ3v) is 9.90. The topological polar surface area (TPSA) is 90.9 Å². The van der Waals surface area contributed by atoms with E-state index in [0.717, 1.165) is 0 Å². The van der Waals surface area contributed by atoms with Gasteiger partial charge in [-0.25, -0.2) is 14.0 Å². The maximum Gasteiger partial charge on any atom is 0.358 e. The summed E-state index contributed by atoms with van der Waals surface area (Å²) in [5.41, 5.74) is -3.12. The molecule has 1 aliphatic heterocycles. The lowest BCUT2D eigenvalue weighted by atomic mass is 9.76. The first-order valence-corrected chi connectivity index (χ1v) is 12.2. The number of rotatable bonds is 8. The normalized spacial score (nSPS) is 21.7. The number of hydrogen-bond acceptors (Lipinski definition) is 6. The quantitative estimate of drug-likeness (QED) is 0.288. The van der Waals surface area contributed by atoms with Crippen LogP contribution in [0.15, 0.2) is 0 Å². The Kier molecular flexibility index (Phi) is 7.21. The molecule has 27 heavy (non-hydrogen) atoms. The van der Waals surface area contributed by atoms with Gasteiger partial charge in [-0.05, 0) is 38.9 Å². The van der Waals surface area contributed by atoms with Crippen LogP contribution in [0.4, 0.5) is 4.39 Å². The number of hydrogen-bond donors (Lipinski definition) is 1. The van der Waals surface area contributed by atoms with Crippen LogP contribution in [0.3, 0.4) is 0 Å². The molecule has 0 saturated carbocycles. The van der Waals surface area contributed by atoms with Gasteiger partial charge in [0.1, 0.15) is 0 Å². The first-order chi connectivity index (χ1) is 12.2. The summed E-state index contributed by atoms with van der Waals surface area (Å²) in [5.74, 6) is -4.20. The zero-order chi connectivity index (χ0) is 21.2. The van der Waals surface area contributed by atoms with Gasteiger partial charge in [0.2, 0.25) is 5.91 Å². The van der Waals surface area contributed by atoms with E-state index in [4.69, 9.17) is 13.9 Å². The number of carbonyl (C=O) groups is 3. The fourth-order valence-electron chi connectivity index (χ4n) is 2.75. The van der Waals surface area contributed by atoms with Crippen LogP contribution in [0, 0.1) is 5.92 Å². The number of halogens is 1. The SMILES string of the molecule is CCOC(=O)C(F)(C(=O)OCC)[C@@H]1NC(=O)[C@@H]1[C@@H](C)O[Si](C)(C)C(C)(C)C. The Morgan fingerprint density at radius 3 is 1.93 bits per heavy atom. The standard InChI is InChI=1S/C18H32FNO6Si/c1-9-24-15(22)18(19,16(23)25-10-2)13-12(14(21)20-13)11(3)26-27(7,8)17(4,5)6/h11-13H,9-10H2,1-8H3,(H,20,21)/t11-,12-,13-/m1/s1. The van der Waals surface area contributed by atoms with Crippen molar-refractivity contribution in [3.8, 4) is 0 Å². The highest BCUT2D eigenvalue weighted by atomic mass is 28.4. The predicted octanol–water partition coefficient (Wildman–Crippen LogP) is 2.35. The fraction of sp³-hybridized carbons (Fsp3) is 0.833. The lowest BCUT2D eigenvalue weighted by molar-refractivity contribution is -0.184. The highest BCUT2D eigenvalue weighted by Crippen LogP contribution is 2.41. The van der Waals surface area contributed by atoms with Gasteiger partial charge in [0.05, 0.1) is 31.3 Å². The van der Waals surface area contributed by atoms with Gasteiger partial charge in [0.15, 0.2) is 8.32 Å². The summed E-state index contributed by atoms with van der Waals surface area (Å²) < 4.78 is 31.3. The monoisotopic (exact) mass is 405 g/mol. The molecule has 0 bridgehead atoms. The molecule has 1 N–H and O–H groups in total. The minimum atomic E-state index is -3.12. The Labute approximate surface area is 161 Å². The number of alkyl halides is 1. The number of β-lactam (4-membered cyclic amide) rings is 1. The van der Waals surface area contributed by atoms with Crippen LogP contribution in [0.2, 0.25) is 18.1 Å². The predicted molar refractivity (Wildman–Crippen MR) is 100 cm³/mol. The minimum Gasteiger partial charge on any atom is -0.463 e. The van der Waals surface area contributed by atoms with E-state index in [9.17, 15) is 14.4 Å². The van der Waals surface area contributed by atoms with Crippen molar-refractivity contribution < 1.29 is 32.7 Å². The van der Waals surface area contributed by atoms with Crippen molar-refractivity contribution in [2.75, 3.05) is 13.2 Å². The summed E-state index contributed by atoms with van der Waals surface area (Å²) in [6.07, 6.45) is -0.677. The van der Waals surface area contributed by atoms with Gasteiger partial charge in [-0.3, -0.25) is 4.79 Å². The van der Waals surface area contributed by atoms with Crippen LogP contribution in [0.25, 0.3) is 0 Å². The van der Waals surface area contributed by atoms with E-state index in [0.29, 0.717) is 0 Å². The molecule has 0 aliphatic carbocycles. The van der Waals surface area contributed by atoms with Gasteiger partial charge in [0.25, 0.3) is 0 Å². The van der Waals surface area contributed by atoms with E-state index in [1.165, 1.54) is 13.8 Å². The second-order valence-electron chi connectivity index (χ2n) is 8.25. The first kappa shape index (κ1) is 23.6. The van der Waals surface area contributed by atoms with Crippen LogP contribution in [-0.2, 0) is 28.3 Å². The van der Waals surface area contributed by atoms with Gasteiger partial charge in [-0.1, -0.05) is 20.8 Å². The van der Waals surface area contributed by atoms with Crippen LogP contribution < -0.4 is 5.32 Å². The Bertz CT molecular complexity index is 571. The minimum absolute atomic E-state index is 0.106. The van der Waals surface area contributed by atoms with Crippen molar-refractivity contribution in [1.82, 2.24) is 5.32 Å². The Hall–Kier alpha value is -1.48. The largest absolute Gasteiger partial charge is 0.463 e. The van der Waals surface area contributed by atoms with Crippen molar-refractivity contribution in [3.05, 3.63) is 0 Å². The second-order valence-corrected chi connectivity index (χ2v) is 13.0. The Morgan fingerprint density at radius 2 is 1.59 bits per heavy atom. The van der Waals surface area contributed by atoms with Gasteiger partial charge >= 0.3 is 17.6 Å². The Balaban J connectivity index is 3.16. The Morgan fingerprint density at radius 1 is 1.15 bits per heavy atom. The van der Waals surface area contributed by atoms with E-state index in [1.807, 2.05) is 33.9 Å². The van der Waals surface area contributed by atoms with E-state index in [1.54, 1.807) is 6.92 Å². The third-order valence-electron chi connectivity index (χ3n) is 5.33. The third kappa shape index (κ3) is 4.51. The fourth-order valence-corrected chi connectivity index (χ4v) is 4.18. The maximum atomic E-state index is 15.6. The number of ether oxygens (including phenoxy) is 2. The highest BCUT2D eigenvalue weighted by molar-refractivity contribution is 6.74. The van der Waals surface area contributed by atoms with Crippen molar-refractivity contribution in [1.29, 1.82) is 0 Å². The summed E-state index contributed by atoms with van der Waals surface area (Å²) >= 11 is 0. The molecule has 1 aliphatic rings. The zero-order valence-corrected chi connectivity index (χ0v) is 18.5. The summed E-state index contributed by atoms with van der Waals surface area (Å²) in [7, 11) is -2.25. The molecule has 1 rings (SSSR count). The van der Waals surface area contributed by atoms with Crippen molar-refractivity contribution in [3.63, 3.8) is 0 Å². The summed E-state index contributed by atoms with van der Waals surface area (Å²) in [4.78, 5) is 36.7. The van der Waals surface area contributed by atoms with Crippen molar-refractivity contribution >= 4 is 26.2 Å². The van der Waals surface area contributed by atoms with Crippen molar-refractivity contribution in [2.24, 2.45) is 5.92 Å². The average molecular weight is 406 g/mol. The molecule has 1 amide bonds. The van der Waals surface area contributed by atoms with Crippen LogP contribution >= 0.6 is 0 Å². The number of nitrogens with one attached hydrogen (secondary N) is 1. The molecule has 0 aromatic heterocycles. The molecule has 0 radical (unpaired) electrons. The molecule has 0 spiro atoms. The van der Waals surface area contributed by atoms with Crippen molar-refractivity contribution in [2.45, 2.75) is 77.5 Å². The molecular formula is C18H32FNO6Si. The maximum absolute atomic E-state index is 15.6. The molecule has 1 heterocycles. The zero-order valence-electron chi connectivity index (χ0n) is 17.5. The lowest BCUT2D eigenvalue weighted by Gasteiger charge is -2.47. The number of amides is 1. The van der Waals surface area contributed by atoms with Gasteiger partial charge in [0, 0.05) is 0 Å². The molecule has 1 saturated heterocycles. The smallest absolute Gasteiger partial charge is 0.358 e. The molecule has 3 atom stereocenters.